The van der Waals surface area contributed by atoms with Crippen molar-refractivity contribution >= 4 is 5.78 Å². The number of ether oxygens (including phenoxy) is 2. The minimum atomic E-state index is -1.28. The highest BCUT2D eigenvalue weighted by atomic mass is 16.5. The van der Waals surface area contributed by atoms with Gasteiger partial charge in [-0.05, 0) is 37.1 Å². The predicted molar refractivity (Wildman–Crippen MR) is 78.1 cm³/mol. The van der Waals surface area contributed by atoms with Crippen LogP contribution in [0.1, 0.15) is 24.8 Å². The fourth-order valence-electron chi connectivity index (χ4n) is 3.55. The van der Waals surface area contributed by atoms with Crippen molar-refractivity contribution in [2.45, 2.75) is 24.9 Å². The summed E-state index contributed by atoms with van der Waals surface area (Å²) in [7, 11) is 3.21. The minimum absolute atomic E-state index is 0.0496. The lowest BCUT2D eigenvalue weighted by molar-refractivity contribution is -0.152. The first-order chi connectivity index (χ1) is 9.98. The summed E-state index contributed by atoms with van der Waals surface area (Å²) >= 11 is 0. The van der Waals surface area contributed by atoms with Crippen molar-refractivity contribution < 1.29 is 19.4 Å². The summed E-state index contributed by atoms with van der Waals surface area (Å²) in [4.78, 5) is 12.6. The first-order valence-electron chi connectivity index (χ1n) is 7.15. The van der Waals surface area contributed by atoms with Gasteiger partial charge in [0.1, 0.15) is 17.1 Å². The summed E-state index contributed by atoms with van der Waals surface area (Å²) in [6.45, 7) is 1.61. The van der Waals surface area contributed by atoms with Gasteiger partial charge in [-0.2, -0.15) is 0 Å². The summed E-state index contributed by atoms with van der Waals surface area (Å²) < 4.78 is 10.6. The Labute approximate surface area is 124 Å². The van der Waals surface area contributed by atoms with Crippen molar-refractivity contribution in [1.82, 2.24) is 0 Å². The van der Waals surface area contributed by atoms with Crippen LogP contribution in [0, 0.1) is 11.8 Å². The van der Waals surface area contributed by atoms with Gasteiger partial charge in [0.15, 0.2) is 5.78 Å². The molecule has 1 saturated carbocycles. The topological polar surface area (TPSA) is 55.8 Å². The number of benzene rings is 1. The molecule has 0 radical (unpaired) electrons. The Morgan fingerprint density at radius 2 is 1.86 bits per heavy atom. The van der Waals surface area contributed by atoms with E-state index < -0.39 is 11.5 Å². The number of methoxy groups -OCH3 is 2. The van der Waals surface area contributed by atoms with Crippen LogP contribution in [0.5, 0.6) is 5.75 Å². The zero-order chi connectivity index (χ0) is 15.2. The summed E-state index contributed by atoms with van der Waals surface area (Å²) in [6, 6.07) is 7.77. The van der Waals surface area contributed by atoms with Crippen molar-refractivity contribution in [2.75, 3.05) is 14.2 Å². The van der Waals surface area contributed by atoms with Crippen LogP contribution in [0.4, 0.5) is 0 Å². The smallest absolute Gasteiger partial charge is 0.175 e. The highest BCUT2D eigenvalue weighted by molar-refractivity contribution is 5.94. The molecule has 1 fully saturated rings. The van der Waals surface area contributed by atoms with Gasteiger partial charge in [-0.1, -0.05) is 12.1 Å². The van der Waals surface area contributed by atoms with E-state index in [9.17, 15) is 9.90 Å². The van der Waals surface area contributed by atoms with Crippen LogP contribution < -0.4 is 4.74 Å². The van der Waals surface area contributed by atoms with E-state index in [2.05, 4.69) is 0 Å². The molecule has 21 heavy (non-hydrogen) atoms. The maximum absolute atomic E-state index is 12.6. The van der Waals surface area contributed by atoms with Gasteiger partial charge in [0, 0.05) is 11.8 Å². The molecule has 112 valence electrons. The van der Waals surface area contributed by atoms with Crippen molar-refractivity contribution in [3.8, 4) is 5.75 Å². The van der Waals surface area contributed by atoms with Crippen LogP contribution in [-0.2, 0) is 9.53 Å². The molecule has 3 unspecified atom stereocenters. The number of aliphatic hydroxyl groups is 1. The summed E-state index contributed by atoms with van der Waals surface area (Å²) in [5, 5.41) is 10.4. The third kappa shape index (κ3) is 2.05. The average molecular weight is 288 g/mol. The van der Waals surface area contributed by atoms with Gasteiger partial charge in [0.05, 0.1) is 20.1 Å². The molecule has 0 spiro atoms. The number of fused-ring (bicyclic) bond motifs is 2. The molecule has 1 aromatic rings. The predicted octanol–water partition coefficient (Wildman–Crippen LogP) is 2.28. The third-order valence-corrected chi connectivity index (χ3v) is 4.87. The number of allylic oxidation sites excluding steroid dienone is 1. The van der Waals surface area contributed by atoms with Crippen molar-refractivity contribution in [2.24, 2.45) is 11.8 Å². The molecule has 1 aromatic carbocycles. The molecule has 4 nitrogen and oxygen atoms in total. The van der Waals surface area contributed by atoms with Crippen molar-refractivity contribution in [3.05, 3.63) is 41.7 Å². The van der Waals surface area contributed by atoms with Crippen LogP contribution in [0.3, 0.4) is 0 Å². The molecule has 4 heteroatoms. The zero-order valence-electron chi connectivity index (χ0n) is 12.5. The number of rotatable bonds is 3. The van der Waals surface area contributed by atoms with Gasteiger partial charge in [0.2, 0.25) is 0 Å². The number of carbonyl (C=O) groups is 1. The Balaban J connectivity index is 1.99. The SMILES string of the molecule is COC1=CC2CC(c3ccc(OC)cc3)[C@@H]1C(=O)C2(C)O. The maximum Gasteiger partial charge on any atom is 0.175 e. The molecule has 0 aromatic heterocycles. The van der Waals surface area contributed by atoms with E-state index in [0.29, 0.717) is 5.76 Å². The number of hydrogen-bond acceptors (Lipinski definition) is 4. The van der Waals surface area contributed by atoms with E-state index in [0.717, 1.165) is 17.7 Å². The molecular formula is C17H20O4. The highest BCUT2D eigenvalue weighted by Crippen LogP contribution is 2.51. The average Bonchev–Trinajstić information content (AvgIpc) is 2.51. The first-order valence-corrected chi connectivity index (χ1v) is 7.15. The van der Waals surface area contributed by atoms with Crippen LogP contribution in [0.2, 0.25) is 0 Å². The van der Waals surface area contributed by atoms with Crippen LogP contribution in [-0.4, -0.2) is 30.7 Å². The Kier molecular flexibility index (Phi) is 3.29. The molecule has 0 aliphatic heterocycles. The molecule has 2 bridgehead atoms. The largest absolute Gasteiger partial charge is 0.501 e. The van der Waals surface area contributed by atoms with Gasteiger partial charge in [-0.15, -0.1) is 0 Å². The van der Waals surface area contributed by atoms with Gasteiger partial charge in [0.25, 0.3) is 0 Å². The van der Waals surface area contributed by atoms with Crippen LogP contribution in [0.15, 0.2) is 36.1 Å². The maximum atomic E-state index is 12.6. The van der Waals surface area contributed by atoms with E-state index in [1.807, 2.05) is 30.3 Å². The molecule has 0 amide bonds. The molecule has 4 atom stereocenters. The van der Waals surface area contributed by atoms with E-state index in [1.165, 1.54) is 0 Å². The van der Waals surface area contributed by atoms with Crippen molar-refractivity contribution in [1.29, 1.82) is 0 Å². The van der Waals surface area contributed by atoms with E-state index in [4.69, 9.17) is 9.47 Å². The Morgan fingerprint density at radius 3 is 2.38 bits per heavy atom. The van der Waals surface area contributed by atoms with Gasteiger partial charge >= 0.3 is 0 Å². The molecular weight excluding hydrogens is 268 g/mol. The Hall–Kier alpha value is -1.81. The van der Waals surface area contributed by atoms with E-state index >= 15 is 0 Å². The number of ketones is 1. The monoisotopic (exact) mass is 288 g/mol. The summed E-state index contributed by atoms with van der Waals surface area (Å²) in [5.41, 5.74) is -0.201. The zero-order valence-corrected chi connectivity index (χ0v) is 12.5. The summed E-state index contributed by atoms with van der Waals surface area (Å²) in [6.07, 6.45) is 2.66. The fourth-order valence-corrected chi connectivity index (χ4v) is 3.55. The first kappa shape index (κ1) is 14.1. The second-order valence-electron chi connectivity index (χ2n) is 5.98. The summed E-state index contributed by atoms with van der Waals surface area (Å²) in [5.74, 6) is 0.789. The van der Waals surface area contributed by atoms with Gasteiger partial charge in [-0.3, -0.25) is 4.79 Å². The fraction of sp³-hybridized carbons (Fsp3) is 0.471. The minimum Gasteiger partial charge on any atom is -0.501 e. The normalized spacial score (nSPS) is 34.6. The Morgan fingerprint density at radius 1 is 1.19 bits per heavy atom. The number of carbonyl (C=O) groups excluding carboxylic acids is 1. The third-order valence-electron chi connectivity index (χ3n) is 4.87. The Bertz CT molecular complexity index is 585. The number of Topliss-reactive ketones (excluding diaryl/α,β-unsaturated/α-hetero) is 1. The van der Waals surface area contributed by atoms with Crippen LogP contribution in [0.25, 0.3) is 0 Å². The molecule has 3 aliphatic carbocycles. The van der Waals surface area contributed by atoms with Crippen molar-refractivity contribution in [3.63, 3.8) is 0 Å². The van der Waals surface area contributed by atoms with E-state index in [1.54, 1.807) is 21.1 Å². The molecule has 1 N–H and O–H groups in total. The molecule has 3 aliphatic rings. The lowest BCUT2D eigenvalue weighted by Crippen LogP contribution is -2.55. The highest BCUT2D eigenvalue weighted by Gasteiger charge is 2.55. The molecule has 0 heterocycles. The quantitative estimate of drug-likeness (QED) is 0.927. The van der Waals surface area contributed by atoms with Gasteiger partial charge in [-0.25, -0.2) is 0 Å². The molecule has 4 rings (SSSR count). The lowest BCUT2D eigenvalue weighted by Gasteiger charge is -2.47. The van der Waals surface area contributed by atoms with E-state index in [-0.39, 0.29) is 17.6 Å². The molecule has 0 saturated heterocycles. The van der Waals surface area contributed by atoms with Crippen LogP contribution >= 0.6 is 0 Å². The van der Waals surface area contributed by atoms with Gasteiger partial charge < -0.3 is 14.6 Å². The number of hydrogen-bond donors (Lipinski definition) is 1. The standard InChI is InChI=1S/C17H20O4/c1-17(19)11-8-13(10-4-6-12(20-2)7-5-10)15(16(17)18)14(9-11)21-3/h4-7,9,11,13,15,19H,8H2,1-3H3/t11?,13?,15-,17?/m0/s1. The second-order valence-corrected chi connectivity index (χ2v) is 5.98. The second kappa shape index (κ2) is 4.88. The lowest BCUT2D eigenvalue weighted by atomic mass is 9.59.